The number of aliphatic hydroxyl groups is 2. The fraction of sp³-hybridized carbons (Fsp3) is 0.435. The van der Waals surface area contributed by atoms with Crippen LogP contribution in [0.3, 0.4) is 0 Å². The quantitative estimate of drug-likeness (QED) is 0.637. The predicted octanol–water partition coefficient (Wildman–Crippen LogP) is 2.72. The van der Waals surface area contributed by atoms with Crippen molar-refractivity contribution in [3.8, 4) is 0 Å². The lowest BCUT2D eigenvalue weighted by Gasteiger charge is -2.35. The van der Waals surface area contributed by atoms with E-state index in [1.807, 2.05) is 60.7 Å². The number of aliphatic hydroxyl groups excluding tert-OH is 2. The number of hydrogen-bond donors (Lipinski definition) is 3. The molecule has 3 atom stereocenters. The molecule has 3 rings (SSSR count). The van der Waals surface area contributed by atoms with Gasteiger partial charge in [0.25, 0.3) is 0 Å². The zero-order valence-electron chi connectivity index (χ0n) is 16.6. The Hall–Kier alpha value is -2.41. The molecule has 0 aliphatic carbocycles. The summed E-state index contributed by atoms with van der Waals surface area (Å²) < 4.78 is 5.36. The van der Waals surface area contributed by atoms with Crippen molar-refractivity contribution in [1.29, 1.82) is 0 Å². The predicted molar refractivity (Wildman–Crippen MR) is 111 cm³/mol. The van der Waals surface area contributed by atoms with E-state index in [2.05, 4.69) is 10.2 Å². The van der Waals surface area contributed by atoms with Crippen molar-refractivity contribution in [3.05, 3.63) is 71.8 Å². The van der Waals surface area contributed by atoms with Crippen LogP contribution >= 0.6 is 0 Å². The van der Waals surface area contributed by atoms with Gasteiger partial charge in [-0.1, -0.05) is 60.7 Å². The smallest absolute Gasteiger partial charge is 0.407 e. The van der Waals surface area contributed by atoms with Gasteiger partial charge in [0.1, 0.15) is 12.7 Å². The van der Waals surface area contributed by atoms with Gasteiger partial charge in [0.2, 0.25) is 0 Å². The number of rotatable bonds is 8. The first-order chi connectivity index (χ1) is 14.2. The van der Waals surface area contributed by atoms with E-state index in [9.17, 15) is 15.0 Å². The van der Waals surface area contributed by atoms with Gasteiger partial charge in [0.15, 0.2) is 0 Å². The molecule has 1 unspecified atom stereocenters. The Bertz CT molecular complexity index is 741. The SMILES string of the molecule is O=C(N[C@@H](CN1CCCC(CO)C1)[C@@H](O)c1ccccc1)OCc1ccccc1. The summed E-state index contributed by atoms with van der Waals surface area (Å²) in [6.07, 6.45) is 0.600. The summed E-state index contributed by atoms with van der Waals surface area (Å²) in [6.45, 7) is 2.48. The molecule has 0 bridgehead atoms. The second-order valence-corrected chi connectivity index (χ2v) is 7.62. The zero-order valence-corrected chi connectivity index (χ0v) is 16.6. The number of alkyl carbamates (subject to hydrolysis) is 1. The zero-order chi connectivity index (χ0) is 20.5. The van der Waals surface area contributed by atoms with Gasteiger partial charge in [-0.3, -0.25) is 0 Å². The van der Waals surface area contributed by atoms with Gasteiger partial charge in [-0.15, -0.1) is 0 Å². The standard InChI is InChI=1S/C23H30N2O4/c26-16-19-10-7-13-25(14-19)15-21(22(27)20-11-5-2-6-12-20)24-23(28)29-17-18-8-3-1-4-9-18/h1-6,8-9,11-12,19,21-22,26-27H,7,10,13-17H2,(H,24,28)/t19?,21-,22-/m0/s1. The van der Waals surface area contributed by atoms with E-state index in [1.165, 1.54) is 0 Å². The molecule has 6 heteroatoms. The summed E-state index contributed by atoms with van der Waals surface area (Å²) in [4.78, 5) is 14.6. The first-order valence-corrected chi connectivity index (χ1v) is 10.2. The van der Waals surface area contributed by atoms with E-state index in [-0.39, 0.29) is 19.1 Å². The molecule has 0 spiro atoms. The number of carbonyl (C=O) groups excluding carboxylic acids is 1. The van der Waals surface area contributed by atoms with E-state index in [0.29, 0.717) is 6.54 Å². The molecule has 29 heavy (non-hydrogen) atoms. The summed E-state index contributed by atoms with van der Waals surface area (Å²) in [5.74, 6) is 0.239. The van der Waals surface area contributed by atoms with Crippen LogP contribution in [0.2, 0.25) is 0 Å². The second-order valence-electron chi connectivity index (χ2n) is 7.62. The minimum absolute atomic E-state index is 0.162. The van der Waals surface area contributed by atoms with Crippen LogP contribution in [0, 0.1) is 5.92 Å². The van der Waals surface area contributed by atoms with Crippen LogP contribution in [0.1, 0.15) is 30.1 Å². The molecular formula is C23H30N2O4. The molecule has 0 radical (unpaired) electrons. The van der Waals surface area contributed by atoms with Crippen LogP contribution < -0.4 is 5.32 Å². The van der Waals surface area contributed by atoms with Crippen molar-refractivity contribution in [2.75, 3.05) is 26.2 Å². The molecule has 1 aliphatic heterocycles. The number of ether oxygens (including phenoxy) is 1. The Morgan fingerprint density at radius 1 is 1.14 bits per heavy atom. The van der Waals surface area contributed by atoms with Crippen molar-refractivity contribution >= 4 is 6.09 Å². The Kier molecular flexibility index (Phi) is 8.04. The fourth-order valence-electron chi connectivity index (χ4n) is 3.77. The van der Waals surface area contributed by atoms with Crippen molar-refractivity contribution in [1.82, 2.24) is 10.2 Å². The molecule has 156 valence electrons. The van der Waals surface area contributed by atoms with E-state index >= 15 is 0 Å². The van der Waals surface area contributed by atoms with Gasteiger partial charge in [0, 0.05) is 19.7 Å². The largest absolute Gasteiger partial charge is 0.445 e. The van der Waals surface area contributed by atoms with Crippen molar-refractivity contribution in [2.24, 2.45) is 5.92 Å². The molecule has 1 aliphatic rings. The Morgan fingerprint density at radius 2 is 1.83 bits per heavy atom. The monoisotopic (exact) mass is 398 g/mol. The molecule has 2 aromatic carbocycles. The van der Waals surface area contributed by atoms with Gasteiger partial charge >= 0.3 is 6.09 Å². The summed E-state index contributed by atoms with van der Waals surface area (Å²) in [5, 5.41) is 23.3. The number of carbonyl (C=O) groups is 1. The molecule has 1 amide bonds. The third-order valence-electron chi connectivity index (χ3n) is 5.35. The van der Waals surface area contributed by atoms with Crippen LogP contribution in [-0.4, -0.2) is 53.5 Å². The van der Waals surface area contributed by atoms with E-state index in [1.54, 1.807) is 0 Å². The number of benzene rings is 2. The number of likely N-dealkylation sites (tertiary alicyclic amines) is 1. The third-order valence-corrected chi connectivity index (χ3v) is 5.35. The number of piperidine rings is 1. The molecule has 1 saturated heterocycles. The molecule has 1 heterocycles. The first-order valence-electron chi connectivity index (χ1n) is 10.2. The van der Waals surface area contributed by atoms with E-state index in [4.69, 9.17) is 4.74 Å². The molecule has 6 nitrogen and oxygen atoms in total. The molecule has 2 aromatic rings. The van der Waals surface area contributed by atoms with Gasteiger partial charge in [-0.05, 0) is 36.4 Å². The lowest BCUT2D eigenvalue weighted by atomic mass is 9.96. The van der Waals surface area contributed by atoms with Crippen LogP contribution in [0.5, 0.6) is 0 Å². The lowest BCUT2D eigenvalue weighted by Crippen LogP contribution is -2.50. The van der Waals surface area contributed by atoms with E-state index in [0.717, 1.165) is 37.1 Å². The highest BCUT2D eigenvalue weighted by Gasteiger charge is 2.28. The molecule has 3 N–H and O–H groups in total. The normalized spacial score (nSPS) is 19.3. The Labute approximate surface area is 172 Å². The number of nitrogens with one attached hydrogen (secondary N) is 1. The summed E-state index contributed by atoms with van der Waals surface area (Å²) in [7, 11) is 0. The Morgan fingerprint density at radius 3 is 2.52 bits per heavy atom. The first kappa shape index (κ1) is 21.3. The average Bonchev–Trinajstić information content (AvgIpc) is 2.78. The van der Waals surface area contributed by atoms with Gasteiger partial charge in [-0.25, -0.2) is 4.79 Å². The van der Waals surface area contributed by atoms with Crippen LogP contribution in [0.15, 0.2) is 60.7 Å². The molecule has 0 aromatic heterocycles. The topological polar surface area (TPSA) is 82.0 Å². The van der Waals surface area contributed by atoms with Crippen LogP contribution in [0.4, 0.5) is 4.79 Å². The average molecular weight is 399 g/mol. The number of amides is 1. The maximum Gasteiger partial charge on any atom is 0.407 e. The van der Waals surface area contributed by atoms with Crippen molar-refractivity contribution in [2.45, 2.75) is 31.6 Å². The van der Waals surface area contributed by atoms with Gasteiger partial charge in [0.05, 0.1) is 6.04 Å². The summed E-state index contributed by atoms with van der Waals surface area (Å²) in [5.41, 5.74) is 1.65. The second kappa shape index (κ2) is 11.0. The minimum Gasteiger partial charge on any atom is -0.445 e. The van der Waals surface area contributed by atoms with Crippen LogP contribution in [0.25, 0.3) is 0 Å². The highest BCUT2D eigenvalue weighted by molar-refractivity contribution is 5.67. The van der Waals surface area contributed by atoms with Gasteiger partial charge in [-0.2, -0.15) is 0 Å². The van der Waals surface area contributed by atoms with Crippen molar-refractivity contribution < 1.29 is 19.7 Å². The third kappa shape index (κ3) is 6.56. The summed E-state index contributed by atoms with van der Waals surface area (Å²) >= 11 is 0. The lowest BCUT2D eigenvalue weighted by molar-refractivity contribution is 0.0641. The van der Waals surface area contributed by atoms with Gasteiger partial charge < -0.3 is 25.2 Å². The fourth-order valence-corrected chi connectivity index (χ4v) is 3.77. The highest BCUT2D eigenvalue weighted by Crippen LogP contribution is 2.21. The molecule has 0 saturated carbocycles. The molecule has 1 fully saturated rings. The number of hydrogen-bond acceptors (Lipinski definition) is 5. The maximum atomic E-state index is 12.4. The highest BCUT2D eigenvalue weighted by atomic mass is 16.5. The minimum atomic E-state index is -0.852. The summed E-state index contributed by atoms with van der Waals surface area (Å²) in [6, 6.07) is 18.3. The number of nitrogens with zero attached hydrogens (tertiary/aromatic N) is 1. The molecular weight excluding hydrogens is 368 g/mol. The van der Waals surface area contributed by atoms with Crippen LogP contribution in [-0.2, 0) is 11.3 Å². The van der Waals surface area contributed by atoms with Crippen molar-refractivity contribution in [3.63, 3.8) is 0 Å². The Balaban J connectivity index is 1.64. The maximum absolute atomic E-state index is 12.4. The van der Waals surface area contributed by atoms with E-state index < -0.39 is 18.2 Å².